The van der Waals surface area contributed by atoms with E-state index in [1.807, 2.05) is 24.5 Å². The zero-order chi connectivity index (χ0) is 22.5. The maximum absolute atomic E-state index is 12.0. The first-order chi connectivity index (χ1) is 14.8. The van der Waals surface area contributed by atoms with Gasteiger partial charge in [0.1, 0.15) is 10.8 Å². The highest BCUT2D eigenvalue weighted by Gasteiger charge is 2.15. The highest BCUT2D eigenvalue weighted by molar-refractivity contribution is 6.32. The van der Waals surface area contributed by atoms with Crippen LogP contribution in [0.25, 0.3) is 5.69 Å². The maximum atomic E-state index is 12.0. The van der Waals surface area contributed by atoms with Crippen LogP contribution in [0.4, 0.5) is 5.69 Å². The van der Waals surface area contributed by atoms with E-state index in [4.69, 9.17) is 27.9 Å². The molecule has 0 aliphatic rings. The van der Waals surface area contributed by atoms with Crippen LogP contribution in [-0.2, 0) is 4.79 Å². The molecule has 0 aliphatic carbocycles. The zero-order valence-corrected chi connectivity index (χ0v) is 18.1. The molecule has 0 bridgehead atoms. The third kappa shape index (κ3) is 5.22. The Balaban J connectivity index is 1.68. The van der Waals surface area contributed by atoms with E-state index in [-0.39, 0.29) is 17.3 Å². The number of carbonyl (C=O) groups is 1. The van der Waals surface area contributed by atoms with Gasteiger partial charge in [0.15, 0.2) is 6.61 Å². The molecule has 0 saturated carbocycles. The molecule has 8 nitrogen and oxygen atoms in total. The molecular weight excluding hydrogens is 443 g/mol. The van der Waals surface area contributed by atoms with Crippen molar-refractivity contribution in [3.63, 3.8) is 0 Å². The largest absolute Gasteiger partial charge is 0.482 e. The van der Waals surface area contributed by atoms with Crippen molar-refractivity contribution in [3.8, 4) is 11.4 Å². The minimum absolute atomic E-state index is 0.0519. The van der Waals surface area contributed by atoms with Gasteiger partial charge in [-0.2, -0.15) is 5.10 Å². The van der Waals surface area contributed by atoms with Gasteiger partial charge in [-0.1, -0.05) is 35.3 Å². The molecule has 2 aromatic carbocycles. The van der Waals surface area contributed by atoms with Gasteiger partial charge < -0.3 is 9.30 Å². The number of benzene rings is 2. The molecule has 3 aromatic rings. The lowest BCUT2D eigenvalue weighted by atomic mass is 10.2. The Hall–Kier alpha value is -3.36. The van der Waals surface area contributed by atoms with Gasteiger partial charge in [0, 0.05) is 28.7 Å². The Labute approximate surface area is 188 Å². The number of aromatic nitrogens is 1. The normalized spacial score (nSPS) is 11.0. The minimum atomic E-state index is -0.530. The Morgan fingerprint density at radius 2 is 1.94 bits per heavy atom. The lowest BCUT2D eigenvalue weighted by Gasteiger charge is -2.10. The Morgan fingerprint density at radius 3 is 2.61 bits per heavy atom. The topological polar surface area (TPSA) is 98.8 Å². The van der Waals surface area contributed by atoms with Crippen LogP contribution in [0.1, 0.15) is 17.0 Å². The first-order valence-corrected chi connectivity index (χ1v) is 9.86. The van der Waals surface area contributed by atoms with Crippen LogP contribution in [0.2, 0.25) is 10.0 Å². The Bertz CT molecular complexity index is 1170. The second kappa shape index (κ2) is 9.63. The summed E-state index contributed by atoms with van der Waals surface area (Å²) in [6, 6.07) is 13.3. The summed E-state index contributed by atoms with van der Waals surface area (Å²) < 4.78 is 7.25. The van der Waals surface area contributed by atoms with Crippen molar-refractivity contribution in [1.82, 2.24) is 9.99 Å². The van der Waals surface area contributed by atoms with Crippen LogP contribution in [0.15, 0.2) is 53.6 Å². The van der Waals surface area contributed by atoms with E-state index >= 15 is 0 Å². The van der Waals surface area contributed by atoms with Crippen LogP contribution >= 0.6 is 23.2 Å². The van der Waals surface area contributed by atoms with Gasteiger partial charge >= 0.3 is 0 Å². The summed E-state index contributed by atoms with van der Waals surface area (Å²) in [5, 5.41) is 15.4. The van der Waals surface area contributed by atoms with Crippen LogP contribution in [0.3, 0.4) is 0 Å². The fourth-order valence-electron chi connectivity index (χ4n) is 3.01. The summed E-state index contributed by atoms with van der Waals surface area (Å²) in [7, 11) is 0. The number of halogens is 2. The minimum Gasteiger partial charge on any atom is -0.482 e. The molecule has 1 N–H and O–H groups in total. The molecule has 0 aliphatic heterocycles. The number of ether oxygens (including phenoxy) is 1. The van der Waals surface area contributed by atoms with Crippen molar-refractivity contribution in [2.24, 2.45) is 5.10 Å². The monoisotopic (exact) mass is 460 g/mol. The molecule has 160 valence electrons. The third-order valence-electron chi connectivity index (χ3n) is 4.44. The summed E-state index contributed by atoms with van der Waals surface area (Å²) in [4.78, 5) is 22.4. The highest BCUT2D eigenvalue weighted by atomic mass is 35.5. The molecule has 1 heterocycles. The Kier molecular flexibility index (Phi) is 6.94. The molecule has 0 saturated heterocycles. The van der Waals surface area contributed by atoms with Gasteiger partial charge in [0.25, 0.3) is 11.6 Å². The number of rotatable bonds is 7. The SMILES string of the molecule is Cc1cc(/C=N\NC(=O)COc2ccccc2Cl)c(C)n1-c1ccc([N+](=O)[O-])c(Cl)c1. The number of hydrogen-bond donors (Lipinski definition) is 1. The number of para-hydroxylation sites is 1. The van der Waals surface area contributed by atoms with Crippen LogP contribution in [0, 0.1) is 24.0 Å². The van der Waals surface area contributed by atoms with Crippen molar-refractivity contribution in [2.45, 2.75) is 13.8 Å². The first-order valence-electron chi connectivity index (χ1n) is 9.10. The van der Waals surface area contributed by atoms with E-state index < -0.39 is 10.8 Å². The molecule has 3 rings (SSSR count). The highest BCUT2D eigenvalue weighted by Crippen LogP contribution is 2.29. The molecule has 1 aromatic heterocycles. The van der Waals surface area contributed by atoms with E-state index in [0.29, 0.717) is 16.5 Å². The van der Waals surface area contributed by atoms with E-state index in [9.17, 15) is 14.9 Å². The second-order valence-corrected chi connectivity index (χ2v) is 7.38. The van der Waals surface area contributed by atoms with Gasteiger partial charge in [-0.25, -0.2) is 5.43 Å². The van der Waals surface area contributed by atoms with Crippen molar-refractivity contribution < 1.29 is 14.5 Å². The number of nitro groups is 1. The lowest BCUT2D eigenvalue weighted by Crippen LogP contribution is -2.24. The number of amides is 1. The molecule has 31 heavy (non-hydrogen) atoms. The lowest BCUT2D eigenvalue weighted by molar-refractivity contribution is -0.384. The van der Waals surface area contributed by atoms with Crippen molar-refractivity contribution >= 4 is 41.0 Å². The second-order valence-electron chi connectivity index (χ2n) is 6.57. The summed E-state index contributed by atoms with van der Waals surface area (Å²) in [5.74, 6) is -0.0271. The fraction of sp³-hybridized carbons (Fsp3) is 0.143. The Morgan fingerprint density at radius 1 is 1.19 bits per heavy atom. The van der Waals surface area contributed by atoms with Crippen molar-refractivity contribution in [1.29, 1.82) is 0 Å². The smallest absolute Gasteiger partial charge is 0.288 e. The first kappa shape index (κ1) is 22.3. The van der Waals surface area contributed by atoms with E-state index in [1.165, 1.54) is 18.3 Å². The predicted molar refractivity (Wildman–Crippen MR) is 120 cm³/mol. The van der Waals surface area contributed by atoms with Crippen LogP contribution in [-0.4, -0.2) is 28.2 Å². The van der Waals surface area contributed by atoms with Gasteiger partial charge in [0.2, 0.25) is 0 Å². The van der Waals surface area contributed by atoms with E-state index in [2.05, 4.69) is 10.5 Å². The third-order valence-corrected chi connectivity index (χ3v) is 5.06. The molecule has 0 spiro atoms. The number of carbonyl (C=O) groups excluding carboxylic acids is 1. The summed E-state index contributed by atoms with van der Waals surface area (Å²) >= 11 is 12.0. The molecule has 0 unspecified atom stereocenters. The molecule has 1 amide bonds. The van der Waals surface area contributed by atoms with Crippen LogP contribution < -0.4 is 10.2 Å². The number of nitrogens with one attached hydrogen (secondary N) is 1. The summed E-state index contributed by atoms with van der Waals surface area (Å²) in [5.41, 5.74) is 5.39. The quantitative estimate of drug-likeness (QED) is 0.309. The van der Waals surface area contributed by atoms with Gasteiger partial charge in [-0.3, -0.25) is 14.9 Å². The summed E-state index contributed by atoms with van der Waals surface area (Å²) in [6.07, 6.45) is 1.51. The number of hydrogen-bond acceptors (Lipinski definition) is 5. The predicted octanol–water partition coefficient (Wildman–Crippen LogP) is 4.84. The number of nitrogens with zero attached hydrogens (tertiary/aromatic N) is 3. The van der Waals surface area contributed by atoms with E-state index in [1.54, 1.807) is 30.3 Å². The van der Waals surface area contributed by atoms with Crippen molar-refractivity contribution in [3.05, 3.63) is 85.6 Å². The van der Waals surface area contributed by atoms with Crippen LogP contribution in [0.5, 0.6) is 5.75 Å². The standard InChI is InChI=1S/C21H18Cl2N4O4/c1-13-9-15(11-24-25-21(28)12-31-20-6-4-3-5-17(20)22)14(2)26(13)16-7-8-19(27(29)30)18(23)10-16/h3-11H,12H2,1-2H3,(H,25,28)/b24-11-. The number of nitro benzene ring substituents is 1. The average molecular weight is 461 g/mol. The van der Waals surface area contributed by atoms with Crippen molar-refractivity contribution in [2.75, 3.05) is 6.61 Å². The fourth-order valence-corrected chi connectivity index (χ4v) is 3.44. The molecular formula is C21H18Cl2N4O4. The molecule has 0 radical (unpaired) electrons. The van der Waals surface area contributed by atoms with Gasteiger partial charge in [-0.15, -0.1) is 0 Å². The zero-order valence-electron chi connectivity index (χ0n) is 16.6. The van der Waals surface area contributed by atoms with E-state index in [0.717, 1.165) is 17.0 Å². The summed E-state index contributed by atoms with van der Waals surface area (Å²) in [6.45, 7) is 3.52. The maximum Gasteiger partial charge on any atom is 0.288 e. The van der Waals surface area contributed by atoms with Gasteiger partial charge in [-0.05, 0) is 44.2 Å². The number of aryl methyl sites for hydroxylation is 1. The number of hydrazone groups is 1. The average Bonchev–Trinajstić information content (AvgIpc) is 3.00. The van der Waals surface area contributed by atoms with Gasteiger partial charge in [0.05, 0.1) is 16.2 Å². The molecule has 0 atom stereocenters. The molecule has 10 heteroatoms. The molecule has 0 fully saturated rings.